The molecule has 2 aromatic rings. The third-order valence-electron chi connectivity index (χ3n) is 5.43. The molecule has 31 heavy (non-hydrogen) atoms. The fourth-order valence-electron chi connectivity index (χ4n) is 3.51. The van der Waals surface area contributed by atoms with Crippen LogP contribution in [-0.4, -0.2) is 57.4 Å². The lowest BCUT2D eigenvalue weighted by atomic mass is 9.92. The number of sulfone groups is 1. The number of likely N-dealkylation sites (tertiary alicyclic amines) is 1. The maximum absolute atomic E-state index is 15.6. The van der Waals surface area contributed by atoms with E-state index < -0.39 is 43.4 Å². The Labute approximate surface area is 177 Å². The van der Waals surface area contributed by atoms with E-state index in [-0.39, 0.29) is 25.9 Å². The summed E-state index contributed by atoms with van der Waals surface area (Å²) in [5, 5.41) is 10.1. The topological polar surface area (TPSA) is 110 Å². The van der Waals surface area contributed by atoms with Crippen molar-refractivity contribution in [2.75, 3.05) is 18.4 Å². The van der Waals surface area contributed by atoms with Gasteiger partial charge in [-0.25, -0.2) is 17.6 Å². The van der Waals surface area contributed by atoms with Gasteiger partial charge in [0.15, 0.2) is 5.03 Å². The van der Waals surface area contributed by atoms with Crippen molar-refractivity contribution in [3.05, 3.63) is 30.2 Å². The average Bonchev–Trinajstić information content (AvgIpc) is 3.11. The van der Waals surface area contributed by atoms with Crippen molar-refractivity contribution in [2.24, 2.45) is 13.0 Å². The predicted molar refractivity (Wildman–Crippen MR) is 105 cm³/mol. The van der Waals surface area contributed by atoms with Gasteiger partial charge in [-0.05, 0) is 25.8 Å². The fraction of sp³-hybridized carbons (Fsp3) is 0.556. The second kappa shape index (κ2) is 8.09. The van der Waals surface area contributed by atoms with Gasteiger partial charge in [0, 0.05) is 39.0 Å². The summed E-state index contributed by atoms with van der Waals surface area (Å²) in [5.74, 6) is -4.29. The Bertz CT molecular complexity index is 1050. The number of nitrogens with one attached hydrogen (secondary N) is 1. The number of aromatic nitrogens is 4. The van der Waals surface area contributed by atoms with Gasteiger partial charge in [-0.3, -0.25) is 4.68 Å². The van der Waals surface area contributed by atoms with E-state index >= 15 is 4.39 Å². The minimum absolute atomic E-state index is 0.0862. The van der Waals surface area contributed by atoms with Crippen LogP contribution in [0.15, 0.2) is 29.6 Å². The maximum Gasteiger partial charge on any atom is 0.321 e. The monoisotopic (exact) mass is 460 g/mol. The first-order valence-electron chi connectivity index (χ1n) is 9.52. The number of alkyl halides is 3. The lowest BCUT2D eigenvalue weighted by molar-refractivity contribution is 0.0122. The molecule has 0 bridgehead atoms. The number of halogens is 3. The summed E-state index contributed by atoms with van der Waals surface area (Å²) in [4.78, 5) is 13.8. The van der Waals surface area contributed by atoms with E-state index in [1.54, 1.807) is 6.07 Å². The molecule has 13 heteroatoms. The lowest BCUT2D eigenvalue weighted by Crippen LogP contribution is -2.48. The predicted octanol–water partition coefficient (Wildman–Crippen LogP) is 2.73. The third-order valence-corrected chi connectivity index (χ3v) is 7.75. The van der Waals surface area contributed by atoms with Gasteiger partial charge < -0.3 is 10.2 Å². The van der Waals surface area contributed by atoms with E-state index in [0.717, 1.165) is 11.6 Å². The number of urea groups is 1. The highest BCUT2D eigenvalue weighted by atomic mass is 32.2. The molecule has 1 N–H and O–H groups in total. The van der Waals surface area contributed by atoms with Crippen molar-refractivity contribution in [3.8, 4) is 0 Å². The summed E-state index contributed by atoms with van der Waals surface area (Å²) in [7, 11) is -3.45. The summed E-state index contributed by atoms with van der Waals surface area (Å²) < 4.78 is 69.5. The zero-order valence-electron chi connectivity index (χ0n) is 17.2. The number of hydrogen-bond acceptors (Lipinski definition) is 6. The SMILES string of the molecule is Cn1nc(C(C)(F)F)cc1S(=O)(=O)C(C)(F)C1CCN(C(=O)Nc2ccnnc2)CC1. The first kappa shape index (κ1) is 23.0. The lowest BCUT2D eigenvalue weighted by Gasteiger charge is -2.37. The summed E-state index contributed by atoms with van der Waals surface area (Å²) in [6.07, 6.45) is 2.96. The summed E-state index contributed by atoms with van der Waals surface area (Å²) in [6.45, 7) is 1.78. The van der Waals surface area contributed by atoms with Gasteiger partial charge in [0.2, 0.25) is 14.8 Å². The van der Waals surface area contributed by atoms with Crippen LogP contribution in [0.1, 0.15) is 32.4 Å². The van der Waals surface area contributed by atoms with Crippen molar-refractivity contribution in [3.63, 3.8) is 0 Å². The highest BCUT2D eigenvalue weighted by Gasteiger charge is 2.50. The molecule has 170 valence electrons. The van der Waals surface area contributed by atoms with Crippen LogP contribution in [0.2, 0.25) is 0 Å². The number of anilines is 1. The zero-order chi connectivity index (χ0) is 23.0. The third kappa shape index (κ3) is 4.50. The number of carbonyl (C=O) groups excluding carboxylic acids is 1. The van der Waals surface area contributed by atoms with Crippen molar-refractivity contribution in [1.82, 2.24) is 24.9 Å². The molecular weight excluding hydrogens is 437 g/mol. The van der Waals surface area contributed by atoms with Gasteiger partial charge in [-0.15, -0.1) is 0 Å². The fourth-order valence-corrected chi connectivity index (χ4v) is 5.24. The number of amides is 2. The standard InChI is InChI=1S/C18H23F3N6O3S/c1-17(19,20)14-10-15(26(3)25-14)31(29,30)18(2,21)12-5-8-27(9-6-12)16(28)24-13-4-7-22-23-11-13/h4,7,10-12H,5-6,8-9H2,1-3H3,(H,22,24,28). The number of rotatable bonds is 5. The van der Waals surface area contributed by atoms with Crippen molar-refractivity contribution >= 4 is 21.6 Å². The van der Waals surface area contributed by atoms with Crippen molar-refractivity contribution in [1.29, 1.82) is 0 Å². The van der Waals surface area contributed by atoms with E-state index in [1.165, 1.54) is 24.3 Å². The number of nitrogens with zero attached hydrogens (tertiary/aromatic N) is 5. The van der Waals surface area contributed by atoms with Gasteiger partial charge in [-0.2, -0.15) is 24.1 Å². The molecule has 0 saturated carbocycles. The minimum Gasteiger partial charge on any atom is -0.325 e. The second-order valence-corrected chi connectivity index (χ2v) is 9.92. The molecule has 1 aliphatic rings. The van der Waals surface area contributed by atoms with E-state index in [9.17, 15) is 22.0 Å². The Kier molecular flexibility index (Phi) is 6.00. The molecule has 0 aliphatic carbocycles. The van der Waals surface area contributed by atoms with Gasteiger partial charge in [-0.1, -0.05) is 0 Å². The van der Waals surface area contributed by atoms with Gasteiger partial charge in [0.05, 0.1) is 18.1 Å². The van der Waals surface area contributed by atoms with Crippen LogP contribution < -0.4 is 5.32 Å². The van der Waals surface area contributed by atoms with Crippen molar-refractivity contribution < 1.29 is 26.4 Å². The molecule has 2 aromatic heterocycles. The second-order valence-electron chi connectivity index (χ2n) is 7.69. The van der Waals surface area contributed by atoms with Crippen LogP contribution in [0.25, 0.3) is 0 Å². The molecule has 1 unspecified atom stereocenters. The molecule has 1 saturated heterocycles. The molecule has 3 heterocycles. The van der Waals surface area contributed by atoms with E-state index in [0.29, 0.717) is 18.7 Å². The van der Waals surface area contributed by atoms with Crippen molar-refractivity contribution in [2.45, 2.75) is 42.6 Å². The Balaban J connectivity index is 1.72. The van der Waals surface area contributed by atoms with E-state index in [1.807, 2.05) is 0 Å². The first-order chi connectivity index (χ1) is 14.3. The molecule has 0 spiro atoms. The van der Waals surface area contributed by atoms with E-state index in [4.69, 9.17) is 0 Å². The number of piperidine rings is 1. The first-order valence-corrected chi connectivity index (χ1v) is 11.0. The Morgan fingerprint density at radius 3 is 2.35 bits per heavy atom. The van der Waals surface area contributed by atoms with E-state index in [2.05, 4.69) is 20.6 Å². The molecule has 0 radical (unpaired) electrons. The molecule has 3 rings (SSSR count). The Morgan fingerprint density at radius 1 is 1.19 bits per heavy atom. The van der Waals surface area contributed by atoms with Crippen LogP contribution in [0, 0.1) is 5.92 Å². The summed E-state index contributed by atoms with van der Waals surface area (Å²) in [6, 6.07) is 1.85. The Hall–Kier alpha value is -2.70. The Morgan fingerprint density at radius 2 is 1.84 bits per heavy atom. The quantitative estimate of drug-likeness (QED) is 0.735. The molecule has 0 aromatic carbocycles. The van der Waals surface area contributed by atoms with Crippen LogP contribution in [0.4, 0.5) is 23.7 Å². The average molecular weight is 460 g/mol. The molecule has 9 nitrogen and oxygen atoms in total. The van der Waals surface area contributed by atoms with Gasteiger partial charge in [0.1, 0.15) is 5.69 Å². The van der Waals surface area contributed by atoms with Crippen LogP contribution in [0.3, 0.4) is 0 Å². The van der Waals surface area contributed by atoms with Gasteiger partial charge in [0.25, 0.3) is 5.92 Å². The largest absolute Gasteiger partial charge is 0.325 e. The van der Waals surface area contributed by atoms with Crippen LogP contribution in [-0.2, 0) is 22.8 Å². The molecule has 1 fully saturated rings. The smallest absolute Gasteiger partial charge is 0.321 e. The zero-order valence-corrected chi connectivity index (χ0v) is 18.0. The summed E-state index contributed by atoms with van der Waals surface area (Å²) >= 11 is 0. The number of aryl methyl sites for hydroxylation is 1. The molecule has 1 aliphatic heterocycles. The molecule has 1 atom stereocenters. The highest BCUT2D eigenvalue weighted by Crippen LogP contribution is 2.40. The maximum atomic E-state index is 15.6. The highest BCUT2D eigenvalue weighted by molar-refractivity contribution is 7.92. The molecule has 2 amide bonds. The summed E-state index contributed by atoms with van der Waals surface area (Å²) in [5.41, 5.74) is -0.304. The molecular formula is C18H23F3N6O3S. The van der Waals surface area contributed by atoms with Crippen LogP contribution >= 0.6 is 0 Å². The number of hydrogen-bond donors (Lipinski definition) is 1. The normalized spacial score (nSPS) is 17.9. The van der Waals surface area contributed by atoms with Crippen LogP contribution in [0.5, 0.6) is 0 Å². The van der Waals surface area contributed by atoms with Gasteiger partial charge >= 0.3 is 6.03 Å². The minimum atomic E-state index is -4.63. The number of carbonyl (C=O) groups is 1.